The maximum Gasteiger partial charge on any atom is 0.121 e. The predicted molar refractivity (Wildman–Crippen MR) is 114 cm³/mol. The minimum atomic E-state index is -0.346. The number of benzene rings is 2. The van der Waals surface area contributed by atoms with Crippen LogP contribution in [0.3, 0.4) is 0 Å². The zero-order valence-electron chi connectivity index (χ0n) is 16.7. The molecule has 1 aliphatic heterocycles. The summed E-state index contributed by atoms with van der Waals surface area (Å²) in [6.07, 6.45) is 4.89. The summed E-state index contributed by atoms with van der Waals surface area (Å²) < 4.78 is 7.58. The summed E-state index contributed by atoms with van der Waals surface area (Å²) in [7, 11) is 1.69. The van der Waals surface area contributed by atoms with Crippen LogP contribution in [0.4, 0.5) is 0 Å². The largest absolute Gasteiger partial charge is 0.497 e. The molecule has 4 rings (SSSR count). The lowest BCUT2D eigenvalue weighted by Crippen LogP contribution is -3.13. The Bertz CT molecular complexity index is 893. The number of ether oxygens (including phenoxy) is 1. The first-order valence-electron chi connectivity index (χ1n) is 10.5. The van der Waals surface area contributed by atoms with Gasteiger partial charge in [0.05, 0.1) is 26.7 Å². The second-order valence-electron chi connectivity index (χ2n) is 7.95. The Labute approximate surface area is 167 Å². The standard InChI is InChI=1S/C24H30N2O2/c1-28-22-12-10-19(11-13-22)24-16-20-8-4-5-9-23(20)26(24)18-21(27)17-25-14-6-2-3-7-15-25/h4-5,8-13,16,21,27H,2-3,6-7,14-15,17-18H2,1H3/p+1/t21-/m1/s1. The first kappa shape index (κ1) is 19.0. The molecule has 3 aromatic rings. The molecule has 28 heavy (non-hydrogen) atoms. The van der Waals surface area contributed by atoms with Crippen LogP contribution in [0.2, 0.25) is 0 Å². The van der Waals surface area contributed by atoms with Gasteiger partial charge in [-0.25, -0.2) is 0 Å². The van der Waals surface area contributed by atoms with E-state index < -0.39 is 0 Å². The van der Waals surface area contributed by atoms with Crippen LogP contribution in [0, 0.1) is 0 Å². The number of fused-ring (bicyclic) bond motifs is 1. The molecule has 1 aliphatic rings. The average molecular weight is 380 g/mol. The molecule has 2 N–H and O–H groups in total. The van der Waals surface area contributed by atoms with Crippen LogP contribution in [0.15, 0.2) is 54.6 Å². The van der Waals surface area contributed by atoms with E-state index in [-0.39, 0.29) is 6.10 Å². The second-order valence-corrected chi connectivity index (χ2v) is 7.95. The predicted octanol–water partition coefficient (Wildman–Crippen LogP) is 3.14. The van der Waals surface area contributed by atoms with Gasteiger partial charge in [0, 0.05) is 16.6 Å². The van der Waals surface area contributed by atoms with Crippen molar-refractivity contribution < 1.29 is 14.7 Å². The van der Waals surface area contributed by atoms with Crippen molar-refractivity contribution in [2.24, 2.45) is 0 Å². The van der Waals surface area contributed by atoms with Gasteiger partial charge in [0.1, 0.15) is 18.4 Å². The van der Waals surface area contributed by atoms with E-state index in [1.54, 1.807) is 12.0 Å². The van der Waals surface area contributed by atoms with Gasteiger partial charge in [-0.15, -0.1) is 0 Å². The molecular formula is C24H31N2O2+. The molecule has 1 atom stereocenters. The van der Waals surface area contributed by atoms with Crippen LogP contribution in [-0.4, -0.2) is 42.5 Å². The average Bonchev–Trinajstić information content (AvgIpc) is 2.88. The minimum absolute atomic E-state index is 0.346. The Kier molecular flexibility index (Phi) is 5.98. The van der Waals surface area contributed by atoms with Gasteiger partial charge in [0.15, 0.2) is 0 Å². The van der Waals surface area contributed by atoms with E-state index in [2.05, 4.69) is 47.0 Å². The third kappa shape index (κ3) is 4.23. The molecule has 4 nitrogen and oxygen atoms in total. The van der Waals surface area contributed by atoms with E-state index in [4.69, 9.17) is 4.74 Å². The molecule has 2 heterocycles. The van der Waals surface area contributed by atoms with Crippen molar-refractivity contribution >= 4 is 10.9 Å². The molecule has 0 bridgehead atoms. The number of aromatic nitrogens is 1. The fourth-order valence-corrected chi connectivity index (χ4v) is 4.45. The van der Waals surface area contributed by atoms with Crippen LogP contribution in [0.5, 0.6) is 5.75 Å². The van der Waals surface area contributed by atoms with Gasteiger partial charge >= 0.3 is 0 Å². The van der Waals surface area contributed by atoms with Crippen molar-refractivity contribution in [2.75, 3.05) is 26.7 Å². The van der Waals surface area contributed by atoms with Crippen molar-refractivity contribution in [3.63, 3.8) is 0 Å². The summed E-state index contributed by atoms with van der Waals surface area (Å²) in [5, 5.41) is 12.1. The highest BCUT2D eigenvalue weighted by molar-refractivity contribution is 5.87. The Morgan fingerprint density at radius 1 is 1.00 bits per heavy atom. The van der Waals surface area contributed by atoms with Crippen molar-refractivity contribution in [3.05, 3.63) is 54.6 Å². The molecule has 1 fully saturated rings. The van der Waals surface area contributed by atoms with Crippen LogP contribution < -0.4 is 9.64 Å². The molecule has 1 saturated heterocycles. The number of rotatable bonds is 6. The van der Waals surface area contributed by atoms with E-state index >= 15 is 0 Å². The molecule has 2 aromatic carbocycles. The molecule has 1 aromatic heterocycles. The maximum absolute atomic E-state index is 10.9. The highest BCUT2D eigenvalue weighted by atomic mass is 16.5. The molecule has 4 heteroatoms. The minimum Gasteiger partial charge on any atom is -0.497 e. The van der Waals surface area contributed by atoms with Crippen LogP contribution in [-0.2, 0) is 6.54 Å². The fraction of sp³-hybridized carbons (Fsp3) is 0.417. The normalized spacial score (nSPS) is 16.8. The topological polar surface area (TPSA) is 38.8 Å². The van der Waals surface area contributed by atoms with Gasteiger partial charge in [-0.1, -0.05) is 18.2 Å². The van der Waals surface area contributed by atoms with Crippen molar-refractivity contribution in [1.82, 2.24) is 4.57 Å². The van der Waals surface area contributed by atoms with E-state index in [1.807, 2.05) is 12.1 Å². The van der Waals surface area contributed by atoms with Gasteiger partial charge in [-0.3, -0.25) is 0 Å². The number of nitrogens with one attached hydrogen (secondary N) is 1. The van der Waals surface area contributed by atoms with E-state index in [0.717, 1.165) is 23.6 Å². The van der Waals surface area contributed by atoms with Gasteiger partial charge in [-0.05, 0) is 67.6 Å². The molecule has 0 amide bonds. The first-order chi connectivity index (χ1) is 13.7. The number of hydrogen-bond acceptors (Lipinski definition) is 2. The van der Waals surface area contributed by atoms with Gasteiger partial charge in [0.2, 0.25) is 0 Å². The molecule has 0 aliphatic carbocycles. The highest BCUT2D eigenvalue weighted by Crippen LogP contribution is 2.29. The Hall–Kier alpha value is -2.30. The number of quaternary nitrogens is 1. The molecular weight excluding hydrogens is 348 g/mol. The summed E-state index contributed by atoms with van der Waals surface area (Å²) in [5.74, 6) is 0.858. The summed E-state index contributed by atoms with van der Waals surface area (Å²) >= 11 is 0. The second kappa shape index (κ2) is 8.80. The lowest BCUT2D eigenvalue weighted by molar-refractivity contribution is -0.902. The Morgan fingerprint density at radius 2 is 1.71 bits per heavy atom. The highest BCUT2D eigenvalue weighted by Gasteiger charge is 2.20. The zero-order valence-corrected chi connectivity index (χ0v) is 16.7. The molecule has 148 valence electrons. The number of aliphatic hydroxyl groups excluding tert-OH is 1. The summed E-state index contributed by atoms with van der Waals surface area (Å²) in [4.78, 5) is 1.55. The Morgan fingerprint density at radius 3 is 2.43 bits per heavy atom. The van der Waals surface area contributed by atoms with Crippen LogP contribution in [0.1, 0.15) is 25.7 Å². The SMILES string of the molecule is COc1ccc(-c2cc3ccccc3n2C[C@H](O)C[NH+]2CCCCCC2)cc1. The van der Waals surface area contributed by atoms with Crippen molar-refractivity contribution in [1.29, 1.82) is 0 Å². The van der Waals surface area contributed by atoms with Gasteiger partial charge < -0.3 is 19.3 Å². The number of methoxy groups -OCH3 is 1. The van der Waals surface area contributed by atoms with Crippen molar-refractivity contribution in [2.45, 2.75) is 38.3 Å². The number of nitrogens with zero attached hydrogens (tertiary/aromatic N) is 1. The summed E-state index contributed by atoms with van der Waals surface area (Å²) in [5.41, 5.74) is 3.47. The zero-order chi connectivity index (χ0) is 19.3. The third-order valence-electron chi connectivity index (χ3n) is 5.92. The first-order valence-corrected chi connectivity index (χ1v) is 10.5. The van der Waals surface area contributed by atoms with E-state index in [1.165, 1.54) is 49.7 Å². The summed E-state index contributed by atoms with van der Waals surface area (Å²) in [6.45, 7) is 3.83. The van der Waals surface area contributed by atoms with Gasteiger partial charge in [-0.2, -0.15) is 0 Å². The molecule has 0 radical (unpaired) electrons. The summed E-state index contributed by atoms with van der Waals surface area (Å²) in [6, 6.07) is 18.8. The lowest BCUT2D eigenvalue weighted by atomic mass is 10.1. The van der Waals surface area contributed by atoms with Gasteiger partial charge in [0.25, 0.3) is 0 Å². The lowest BCUT2D eigenvalue weighted by Gasteiger charge is -2.22. The Balaban J connectivity index is 1.60. The number of aliphatic hydroxyl groups is 1. The van der Waals surface area contributed by atoms with E-state index in [0.29, 0.717) is 6.54 Å². The molecule has 0 saturated carbocycles. The number of para-hydroxylation sites is 1. The van der Waals surface area contributed by atoms with Crippen molar-refractivity contribution in [3.8, 4) is 17.0 Å². The number of hydrogen-bond donors (Lipinski definition) is 2. The fourth-order valence-electron chi connectivity index (χ4n) is 4.45. The molecule has 0 spiro atoms. The maximum atomic E-state index is 10.9. The third-order valence-corrected chi connectivity index (χ3v) is 5.92. The van der Waals surface area contributed by atoms with Crippen LogP contribution in [0.25, 0.3) is 22.2 Å². The quantitative estimate of drug-likeness (QED) is 0.691. The number of likely N-dealkylation sites (tertiary alicyclic amines) is 1. The van der Waals surface area contributed by atoms with E-state index in [9.17, 15) is 5.11 Å². The monoisotopic (exact) mass is 379 g/mol. The molecule has 0 unspecified atom stereocenters. The smallest absolute Gasteiger partial charge is 0.121 e. The van der Waals surface area contributed by atoms with Crippen LogP contribution >= 0.6 is 0 Å².